The van der Waals surface area contributed by atoms with E-state index in [0.29, 0.717) is 17.2 Å². The van der Waals surface area contributed by atoms with E-state index in [9.17, 15) is 9.59 Å². The number of carbonyl (C=O) groups is 2. The molecule has 0 aliphatic heterocycles. The zero-order valence-electron chi connectivity index (χ0n) is 18.0. The van der Waals surface area contributed by atoms with E-state index >= 15 is 0 Å². The quantitative estimate of drug-likeness (QED) is 0.619. The van der Waals surface area contributed by atoms with Crippen molar-refractivity contribution in [2.75, 3.05) is 24.9 Å². The van der Waals surface area contributed by atoms with Crippen LogP contribution in [0.25, 0.3) is 0 Å². The molecule has 2 amide bonds. The molecule has 156 valence electrons. The SMILES string of the molecule is COc1ccc(OC)c(NC(=O)CC(=O)Nc2c(C(C)C)cccc2C(C)C)c1. The molecule has 0 aliphatic carbocycles. The van der Waals surface area contributed by atoms with Gasteiger partial charge in [-0.1, -0.05) is 45.9 Å². The second-order valence-electron chi connectivity index (χ2n) is 7.46. The number of anilines is 2. The number of ether oxygens (including phenoxy) is 2. The molecular formula is C23H30N2O4. The van der Waals surface area contributed by atoms with Crippen LogP contribution in [0.4, 0.5) is 11.4 Å². The average molecular weight is 399 g/mol. The first-order valence-corrected chi connectivity index (χ1v) is 9.71. The molecule has 0 radical (unpaired) electrons. The van der Waals surface area contributed by atoms with Crippen LogP contribution in [0.1, 0.15) is 57.1 Å². The smallest absolute Gasteiger partial charge is 0.233 e. The van der Waals surface area contributed by atoms with Crippen LogP contribution in [-0.4, -0.2) is 26.0 Å². The Bertz CT molecular complexity index is 849. The van der Waals surface area contributed by atoms with Gasteiger partial charge in [0.05, 0.1) is 19.9 Å². The normalized spacial score (nSPS) is 10.8. The lowest BCUT2D eigenvalue weighted by atomic mass is 9.92. The lowest BCUT2D eigenvalue weighted by Gasteiger charge is -2.20. The fraction of sp³-hybridized carbons (Fsp3) is 0.391. The zero-order valence-corrected chi connectivity index (χ0v) is 18.0. The molecule has 0 aromatic heterocycles. The van der Waals surface area contributed by atoms with Crippen molar-refractivity contribution >= 4 is 23.2 Å². The molecule has 0 atom stereocenters. The first-order chi connectivity index (χ1) is 13.8. The van der Waals surface area contributed by atoms with Gasteiger partial charge in [0.1, 0.15) is 17.9 Å². The monoisotopic (exact) mass is 398 g/mol. The first-order valence-electron chi connectivity index (χ1n) is 9.71. The van der Waals surface area contributed by atoms with E-state index in [-0.39, 0.29) is 24.2 Å². The number of carbonyl (C=O) groups excluding carboxylic acids is 2. The summed E-state index contributed by atoms with van der Waals surface area (Å²) in [5.74, 6) is 0.782. The van der Waals surface area contributed by atoms with Crippen molar-refractivity contribution in [3.8, 4) is 11.5 Å². The molecule has 0 saturated carbocycles. The van der Waals surface area contributed by atoms with Crippen LogP contribution in [-0.2, 0) is 9.59 Å². The van der Waals surface area contributed by atoms with E-state index in [1.807, 2.05) is 18.2 Å². The second-order valence-corrected chi connectivity index (χ2v) is 7.46. The number of methoxy groups -OCH3 is 2. The van der Waals surface area contributed by atoms with Crippen LogP contribution < -0.4 is 20.1 Å². The van der Waals surface area contributed by atoms with Gasteiger partial charge < -0.3 is 20.1 Å². The maximum absolute atomic E-state index is 12.6. The van der Waals surface area contributed by atoms with Gasteiger partial charge in [-0.25, -0.2) is 0 Å². The molecule has 6 nitrogen and oxygen atoms in total. The van der Waals surface area contributed by atoms with Crippen molar-refractivity contribution in [1.29, 1.82) is 0 Å². The van der Waals surface area contributed by atoms with Gasteiger partial charge in [0.15, 0.2) is 0 Å². The highest BCUT2D eigenvalue weighted by molar-refractivity contribution is 6.09. The Kier molecular flexibility index (Phi) is 7.65. The third-order valence-corrected chi connectivity index (χ3v) is 4.64. The standard InChI is InChI=1S/C23H30N2O4/c1-14(2)17-8-7-9-18(15(3)4)23(17)25-22(27)13-21(26)24-19-12-16(28-5)10-11-20(19)29-6/h7-12,14-15H,13H2,1-6H3,(H,24,26)(H,25,27). The maximum Gasteiger partial charge on any atom is 0.233 e. The molecule has 0 heterocycles. The van der Waals surface area contributed by atoms with Crippen molar-refractivity contribution in [3.05, 3.63) is 47.5 Å². The molecule has 0 bridgehead atoms. The molecular weight excluding hydrogens is 368 g/mol. The van der Waals surface area contributed by atoms with Crippen molar-refractivity contribution in [3.63, 3.8) is 0 Å². The van der Waals surface area contributed by atoms with Crippen LogP contribution >= 0.6 is 0 Å². The topological polar surface area (TPSA) is 76.7 Å². The fourth-order valence-electron chi connectivity index (χ4n) is 3.13. The molecule has 2 aromatic rings. The molecule has 0 saturated heterocycles. The van der Waals surface area contributed by atoms with Gasteiger partial charge in [0, 0.05) is 11.8 Å². The van der Waals surface area contributed by atoms with E-state index in [4.69, 9.17) is 9.47 Å². The highest BCUT2D eigenvalue weighted by Crippen LogP contribution is 2.33. The number of hydrogen-bond acceptors (Lipinski definition) is 4. The van der Waals surface area contributed by atoms with Crippen LogP contribution in [0, 0.1) is 0 Å². The van der Waals surface area contributed by atoms with Gasteiger partial charge >= 0.3 is 0 Å². The molecule has 6 heteroatoms. The molecule has 2 rings (SSSR count). The summed E-state index contributed by atoms with van der Waals surface area (Å²) in [5.41, 5.74) is 3.36. The van der Waals surface area contributed by atoms with E-state index in [1.165, 1.54) is 7.11 Å². The zero-order chi connectivity index (χ0) is 21.6. The molecule has 0 unspecified atom stereocenters. The largest absolute Gasteiger partial charge is 0.497 e. The number of amides is 2. The average Bonchev–Trinajstić information content (AvgIpc) is 2.67. The third-order valence-electron chi connectivity index (χ3n) is 4.64. The van der Waals surface area contributed by atoms with Gasteiger partial charge in [-0.15, -0.1) is 0 Å². The highest BCUT2D eigenvalue weighted by Gasteiger charge is 2.18. The van der Waals surface area contributed by atoms with Gasteiger partial charge in [0.25, 0.3) is 0 Å². The molecule has 2 N–H and O–H groups in total. The van der Waals surface area contributed by atoms with E-state index < -0.39 is 5.91 Å². The molecule has 0 fully saturated rings. The van der Waals surface area contributed by atoms with Crippen molar-refractivity contribution in [2.24, 2.45) is 0 Å². The Morgan fingerprint density at radius 1 is 0.862 bits per heavy atom. The second kappa shape index (κ2) is 9.96. The first kappa shape index (κ1) is 22.3. The van der Waals surface area contributed by atoms with Gasteiger partial charge in [0.2, 0.25) is 11.8 Å². The van der Waals surface area contributed by atoms with Gasteiger partial charge in [-0.3, -0.25) is 9.59 Å². The van der Waals surface area contributed by atoms with Gasteiger partial charge in [-0.2, -0.15) is 0 Å². The minimum absolute atomic E-state index is 0.249. The summed E-state index contributed by atoms with van der Waals surface area (Å²) in [6.07, 6.45) is -0.301. The summed E-state index contributed by atoms with van der Waals surface area (Å²) < 4.78 is 10.4. The van der Waals surface area contributed by atoms with Crippen LogP contribution in [0.3, 0.4) is 0 Å². The number of hydrogen-bond donors (Lipinski definition) is 2. The molecule has 29 heavy (non-hydrogen) atoms. The van der Waals surface area contributed by atoms with E-state index in [0.717, 1.165) is 16.8 Å². The van der Waals surface area contributed by atoms with Crippen molar-refractivity contribution < 1.29 is 19.1 Å². The summed E-state index contributed by atoms with van der Waals surface area (Å²) in [6, 6.07) is 11.1. The summed E-state index contributed by atoms with van der Waals surface area (Å²) in [7, 11) is 3.06. The van der Waals surface area contributed by atoms with Crippen molar-refractivity contribution in [1.82, 2.24) is 0 Å². The maximum atomic E-state index is 12.6. The number of nitrogens with one attached hydrogen (secondary N) is 2. The van der Waals surface area contributed by atoms with Gasteiger partial charge in [-0.05, 0) is 35.1 Å². The number of benzene rings is 2. The Labute approximate surface area is 172 Å². The summed E-state index contributed by atoms with van der Waals surface area (Å²) in [4.78, 5) is 25.1. The minimum atomic E-state index is -0.429. The Balaban J connectivity index is 2.15. The molecule has 0 aliphatic rings. The van der Waals surface area contributed by atoms with Crippen LogP contribution in [0.5, 0.6) is 11.5 Å². The Hall–Kier alpha value is -3.02. The minimum Gasteiger partial charge on any atom is -0.497 e. The predicted molar refractivity (Wildman–Crippen MR) is 116 cm³/mol. The predicted octanol–water partition coefficient (Wildman–Crippen LogP) is 4.92. The van der Waals surface area contributed by atoms with E-state index in [2.05, 4.69) is 38.3 Å². The Morgan fingerprint density at radius 3 is 1.97 bits per heavy atom. The third kappa shape index (κ3) is 5.73. The molecule has 2 aromatic carbocycles. The summed E-state index contributed by atoms with van der Waals surface area (Å²) in [6.45, 7) is 8.32. The van der Waals surface area contributed by atoms with E-state index in [1.54, 1.807) is 25.3 Å². The highest BCUT2D eigenvalue weighted by atomic mass is 16.5. The van der Waals surface area contributed by atoms with Crippen molar-refractivity contribution in [2.45, 2.75) is 46.0 Å². The molecule has 0 spiro atoms. The number of para-hydroxylation sites is 1. The van der Waals surface area contributed by atoms with Crippen LogP contribution in [0.15, 0.2) is 36.4 Å². The number of rotatable bonds is 8. The summed E-state index contributed by atoms with van der Waals surface area (Å²) in [5, 5.41) is 5.68. The summed E-state index contributed by atoms with van der Waals surface area (Å²) >= 11 is 0. The lowest BCUT2D eigenvalue weighted by Crippen LogP contribution is -2.23. The fourth-order valence-corrected chi connectivity index (χ4v) is 3.13. The lowest BCUT2D eigenvalue weighted by molar-refractivity contribution is -0.123. The Morgan fingerprint density at radius 2 is 1.45 bits per heavy atom. The van der Waals surface area contributed by atoms with Crippen LogP contribution in [0.2, 0.25) is 0 Å².